The minimum absolute atomic E-state index is 0.0544. The van der Waals surface area contributed by atoms with Crippen molar-refractivity contribution in [3.05, 3.63) is 36.2 Å². The Hall–Kier alpha value is -2.50. The number of nitrogen functional groups attached to an aromatic ring is 1. The van der Waals surface area contributed by atoms with Crippen molar-refractivity contribution in [2.24, 2.45) is 0 Å². The van der Waals surface area contributed by atoms with E-state index in [1.165, 1.54) is 0 Å². The lowest BCUT2D eigenvalue weighted by molar-refractivity contribution is -0.121. The second-order valence-electron chi connectivity index (χ2n) is 4.70. The highest BCUT2D eigenvalue weighted by Crippen LogP contribution is 2.34. The van der Waals surface area contributed by atoms with E-state index < -0.39 is 0 Å². The number of carbonyl (C=O) groups is 1. The number of ether oxygens (including phenoxy) is 1. The highest BCUT2D eigenvalue weighted by atomic mass is 16.5. The zero-order chi connectivity index (χ0) is 14.1. The van der Waals surface area contributed by atoms with E-state index in [1.807, 2.05) is 17.8 Å². The van der Waals surface area contributed by atoms with Crippen LogP contribution in [0.25, 0.3) is 0 Å². The second-order valence-corrected chi connectivity index (χ2v) is 4.70. The number of aromatic nitrogens is 2. The Kier molecular flexibility index (Phi) is 3.06. The van der Waals surface area contributed by atoms with Gasteiger partial charge in [-0.25, -0.2) is 0 Å². The fourth-order valence-corrected chi connectivity index (χ4v) is 2.24. The van der Waals surface area contributed by atoms with Gasteiger partial charge in [0.2, 0.25) is 0 Å². The van der Waals surface area contributed by atoms with Gasteiger partial charge in [-0.2, -0.15) is 5.10 Å². The first-order valence-electron chi connectivity index (χ1n) is 6.51. The van der Waals surface area contributed by atoms with Crippen molar-refractivity contribution in [1.82, 2.24) is 9.78 Å². The average molecular weight is 272 g/mol. The molecule has 20 heavy (non-hydrogen) atoms. The molecule has 3 rings (SSSR count). The highest BCUT2D eigenvalue weighted by Gasteiger charge is 2.26. The van der Waals surface area contributed by atoms with E-state index in [2.05, 4.69) is 5.10 Å². The maximum absolute atomic E-state index is 12.1. The monoisotopic (exact) mass is 272 g/mol. The maximum Gasteiger partial charge on any atom is 0.265 e. The quantitative estimate of drug-likeness (QED) is 0.857. The van der Waals surface area contributed by atoms with Gasteiger partial charge in [-0.3, -0.25) is 9.48 Å². The van der Waals surface area contributed by atoms with Gasteiger partial charge in [0.05, 0.1) is 18.4 Å². The number of carbonyl (C=O) groups excluding carboxylic acids is 1. The largest absolute Gasteiger partial charge is 0.482 e. The molecular formula is C14H16N4O2. The van der Waals surface area contributed by atoms with Crippen LogP contribution in [0.2, 0.25) is 0 Å². The highest BCUT2D eigenvalue weighted by molar-refractivity contribution is 5.98. The lowest BCUT2D eigenvalue weighted by Gasteiger charge is -2.29. The van der Waals surface area contributed by atoms with E-state index in [9.17, 15) is 4.79 Å². The number of hydrogen-bond donors (Lipinski definition) is 1. The number of nitrogens with zero attached hydrogens (tertiary/aromatic N) is 3. The molecule has 0 unspecified atom stereocenters. The van der Waals surface area contributed by atoms with Crippen LogP contribution in [0.1, 0.15) is 12.5 Å². The molecule has 2 aromatic rings. The topological polar surface area (TPSA) is 73.4 Å². The van der Waals surface area contributed by atoms with Crippen molar-refractivity contribution in [3.8, 4) is 5.75 Å². The summed E-state index contributed by atoms with van der Waals surface area (Å²) in [5.41, 5.74) is 8.10. The summed E-state index contributed by atoms with van der Waals surface area (Å²) in [7, 11) is 0. The van der Waals surface area contributed by atoms with Crippen molar-refractivity contribution < 1.29 is 9.53 Å². The summed E-state index contributed by atoms with van der Waals surface area (Å²) in [6.07, 6.45) is 3.72. The van der Waals surface area contributed by atoms with Crippen LogP contribution in [0.3, 0.4) is 0 Å². The predicted octanol–water partition coefficient (Wildman–Crippen LogP) is 1.41. The molecule has 0 saturated heterocycles. The third-order valence-electron chi connectivity index (χ3n) is 3.28. The summed E-state index contributed by atoms with van der Waals surface area (Å²) in [5, 5.41) is 4.22. The van der Waals surface area contributed by atoms with Crippen LogP contribution in [0.4, 0.5) is 11.4 Å². The van der Waals surface area contributed by atoms with E-state index in [0.717, 1.165) is 12.1 Å². The predicted molar refractivity (Wildman–Crippen MR) is 75.4 cm³/mol. The fraction of sp³-hybridized carbons (Fsp3) is 0.286. The minimum Gasteiger partial charge on any atom is -0.482 e. The van der Waals surface area contributed by atoms with Crippen LogP contribution in [0, 0.1) is 0 Å². The number of nitrogens with two attached hydrogens (primary N) is 1. The van der Waals surface area contributed by atoms with Gasteiger partial charge in [0.1, 0.15) is 5.75 Å². The van der Waals surface area contributed by atoms with E-state index in [-0.39, 0.29) is 12.5 Å². The number of fused-ring (bicyclic) bond motifs is 1. The normalized spacial score (nSPS) is 14.1. The Morgan fingerprint density at radius 3 is 3.05 bits per heavy atom. The average Bonchev–Trinajstić information content (AvgIpc) is 2.90. The van der Waals surface area contributed by atoms with Gasteiger partial charge in [0.15, 0.2) is 6.61 Å². The van der Waals surface area contributed by atoms with Crippen LogP contribution in [0.15, 0.2) is 30.6 Å². The molecular weight excluding hydrogens is 256 g/mol. The Bertz CT molecular complexity index is 650. The van der Waals surface area contributed by atoms with Crippen LogP contribution in [-0.2, 0) is 17.9 Å². The van der Waals surface area contributed by atoms with Crippen molar-refractivity contribution >= 4 is 17.3 Å². The Morgan fingerprint density at radius 2 is 2.30 bits per heavy atom. The first-order chi connectivity index (χ1) is 9.67. The third-order valence-corrected chi connectivity index (χ3v) is 3.28. The van der Waals surface area contributed by atoms with E-state index in [0.29, 0.717) is 23.7 Å². The van der Waals surface area contributed by atoms with Gasteiger partial charge in [0, 0.05) is 24.0 Å². The summed E-state index contributed by atoms with van der Waals surface area (Å²) >= 11 is 0. The Labute approximate surface area is 116 Å². The molecule has 0 aliphatic carbocycles. The van der Waals surface area contributed by atoms with Crippen LogP contribution in [0.5, 0.6) is 5.75 Å². The second kappa shape index (κ2) is 4.88. The summed E-state index contributed by atoms with van der Waals surface area (Å²) in [6, 6.07) is 5.32. The molecule has 0 saturated carbocycles. The molecule has 1 aromatic carbocycles. The number of amides is 1. The van der Waals surface area contributed by atoms with Crippen LogP contribution >= 0.6 is 0 Å². The van der Waals surface area contributed by atoms with Gasteiger partial charge in [-0.05, 0) is 25.1 Å². The molecule has 6 nitrogen and oxygen atoms in total. The molecule has 1 amide bonds. The molecule has 2 heterocycles. The zero-order valence-electron chi connectivity index (χ0n) is 11.2. The molecule has 0 bridgehead atoms. The number of rotatable bonds is 3. The fourth-order valence-electron chi connectivity index (χ4n) is 2.24. The molecule has 1 aliphatic heterocycles. The summed E-state index contributed by atoms with van der Waals surface area (Å²) in [6.45, 7) is 3.35. The Balaban J connectivity index is 1.92. The van der Waals surface area contributed by atoms with E-state index in [1.54, 1.807) is 29.3 Å². The first kappa shape index (κ1) is 12.5. The molecule has 0 fully saturated rings. The molecule has 2 N–H and O–H groups in total. The van der Waals surface area contributed by atoms with Crippen molar-refractivity contribution in [2.45, 2.75) is 20.0 Å². The molecule has 0 spiro atoms. The Morgan fingerprint density at radius 1 is 1.45 bits per heavy atom. The van der Waals surface area contributed by atoms with Gasteiger partial charge in [0.25, 0.3) is 5.91 Å². The zero-order valence-corrected chi connectivity index (χ0v) is 11.2. The molecule has 104 valence electrons. The first-order valence-corrected chi connectivity index (χ1v) is 6.51. The van der Waals surface area contributed by atoms with Crippen LogP contribution in [-0.4, -0.2) is 22.3 Å². The molecule has 1 aliphatic rings. The summed E-state index contributed by atoms with van der Waals surface area (Å²) in [4.78, 5) is 13.8. The number of benzene rings is 1. The number of anilines is 2. The van der Waals surface area contributed by atoms with Gasteiger partial charge in [-0.15, -0.1) is 0 Å². The van der Waals surface area contributed by atoms with E-state index in [4.69, 9.17) is 10.5 Å². The number of hydrogen-bond acceptors (Lipinski definition) is 4. The van der Waals surface area contributed by atoms with Crippen molar-refractivity contribution in [2.75, 3.05) is 17.2 Å². The standard InChI is InChI=1S/C14H16N4O2/c1-2-17-7-10(6-16-17)8-18-12-5-11(15)3-4-13(12)20-9-14(18)19/h3-7H,2,8-9,15H2,1H3. The van der Waals surface area contributed by atoms with Gasteiger partial charge < -0.3 is 15.4 Å². The lowest BCUT2D eigenvalue weighted by atomic mass is 10.2. The van der Waals surface area contributed by atoms with Gasteiger partial charge >= 0.3 is 0 Å². The third kappa shape index (κ3) is 2.20. The molecule has 1 aromatic heterocycles. The van der Waals surface area contributed by atoms with Crippen molar-refractivity contribution in [3.63, 3.8) is 0 Å². The van der Waals surface area contributed by atoms with Crippen LogP contribution < -0.4 is 15.4 Å². The summed E-state index contributed by atoms with van der Waals surface area (Å²) in [5.74, 6) is 0.606. The van der Waals surface area contributed by atoms with Gasteiger partial charge in [-0.1, -0.05) is 0 Å². The smallest absolute Gasteiger partial charge is 0.265 e. The lowest BCUT2D eigenvalue weighted by Crippen LogP contribution is -2.38. The summed E-state index contributed by atoms with van der Waals surface area (Å²) < 4.78 is 7.25. The maximum atomic E-state index is 12.1. The molecule has 6 heteroatoms. The van der Waals surface area contributed by atoms with Crippen molar-refractivity contribution in [1.29, 1.82) is 0 Å². The van der Waals surface area contributed by atoms with E-state index >= 15 is 0 Å². The minimum atomic E-state index is -0.0765. The molecule has 0 radical (unpaired) electrons. The number of aryl methyl sites for hydroxylation is 1. The SMILES string of the molecule is CCn1cc(CN2C(=O)COc3ccc(N)cc32)cn1. The molecule has 0 atom stereocenters.